The molecule has 0 saturated heterocycles. The smallest absolute Gasteiger partial charge is 0.255 e. The highest BCUT2D eigenvalue weighted by Gasteiger charge is 2.25. The maximum atomic E-state index is 12.3. The van der Waals surface area contributed by atoms with E-state index in [1.807, 2.05) is 20.0 Å². The van der Waals surface area contributed by atoms with Crippen molar-refractivity contribution in [2.24, 2.45) is 7.05 Å². The lowest BCUT2D eigenvalue weighted by Crippen LogP contribution is -2.30. The van der Waals surface area contributed by atoms with Crippen molar-refractivity contribution in [3.63, 3.8) is 0 Å². The third kappa shape index (κ3) is 2.16. The molecule has 1 aliphatic carbocycles. The fourth-order valence-corrected chi connectivity index (χ4v) is 2.69. The number of aromatic nitrogens is 2. The van der Waals surface area contributed by atoms with Crippen LogP contribution in [0, 0.1) is 6.92 Å². The standard InChI is InChI=1S/C14H17N3O2/c1-9-11(8-17(2)16-9)14(18)15-12-4-3-5-13-10(12)6-7-19-13/h6-8,12H,3-5H2,1-2H3,(H,15,18)/t12-/m0/s1. The van der Waals surface area contributed by atoms with Gasteiger partial charge in [-0.1, -0.05) is 0 Å². The number of carbonyl (C=O) groups is 1. The molecule has 1 amide bonds. The molecule has 1 aliphatic rings. The van der Waals surface area contributed by atoms with Crippen LogP contribution in [0.25, 0.3) is 0 Å². The zero-order chi connectivity index (χ0) is 13.4. The van der Waals surface area contributed by atoms with Gasteiger partial charge in [0.2, 0.25) is 0 Å². The summed E-state index contributed by atoms with van der Waals surface area (Å²) in [5.41, 5.74) is 2.50. The van der Waals surface area contributed by atoms with Gasteiger partial charge in [-0.25, -0.2) is 0 Å². The lowest BCUT2D eigenvalue weighted by atomic mass is 9.93. The number of hydrogen-bond donors (Lipinski definition) is 1. The molecule has 0 radical (unpaired) electrons. The number of carbonyl (C=O) groups excluding carboxylic acids is 1. The number of furan rings is 1. The van der Waals surface area contributed by atoms with Crippen LogP contribution in [0.1, 0.15) is 46.3 Å². The molecule has 3 rings (SSSR count). The second-order valence-electron chi connectivity index (χ2n) is 5.02. The number of rotatable bonds is 2. The highest BCUT2D eigenvalue weighted by Crippen LogP contribution is 2.30. The van der Waals surface area contributed by atoms with Gasteiger partial charge in [-0.3, -0.25) is 9.48 Å². The van der Waals surface area contributed by atoms with E-state index in [2.05, 4.69) is 10.4 Å². The van der Waals surface area contributed by atoms with Gasteiger partial charge in [0, 0.05) is 25.2 Å². The van der Waals surface area contributed by atoms with Crippen molar-refractivity contribution in [2.45, 2.75) is 32.2 Å². The number of amides is 1. The van der Waals surface area contributed by atoms with Crippen LogP contribution in [0.5, 0.6) is 0 Å². The quantitative estimate of drug-likeness (QED) is 0.898. The second kappa shape index (κ2) is 4.57. The predicted molar refractivity (Wildman–Crippen MR) is 69.8 cm³/mol. The summed E-state index contributed by atoms with van der Waals surface area (Å²) in [5, 5.41) is 7.28. The highest BCUT2D eigenvalue weighted by molar-refractivity contribution is 5.95. The molecule has 5 heteroatoms. The molecule has 0 unspecified atom stereocenters. The van der Waals surface area contributed by atoms with E-state index in [1.165, 1.54) is 0 Å². The third-order valence-corrected chi connectivity index (χ3v) is 3.62. The monoisotopic (exact) mass is 259 g/mol. The summed E-state index contributed by atoms with van der Waals surface area (Å²) in [6, 6.07) is 2.00. The second-order valence-corrected chi connectivity index (χ2v) is 5.02. The van der Waals surface area contributed by atoms with Crippen LogP contribution in [-0.2, 0) is 13.5 Å². The maximum absolute atomic E-state index is 12.3. The van der Waals surface area contributed by atoms with Gasteiger partial charge in [0.05, 0.1) is 23.6 Å². The van der Waals surface area contributed by atoms with Crippen LogP contribution in [0.15, 0.2) is 22.9 Å². The Morgan fingerprint density at radius 3 is 3.16 bits per heavy atom. The molecule has 0 bridgehead atoms. The van der Waals surface area contributed by atoms with Crippen molar-refractivity contribution in [1.29, 1.82) is 0 Å². The molecule has 0 aromatic carbocycles. The van der Waals surface area contributed by atoms with Crippen LogP contribution < -0.4 is 5.32 Å². The summed E-state index contributed by atoms with van der Waals surface area (Å²) in [6.45, 7) is 1.85. The van der Waals surface area contributed by atoms with Crippen LogP contribution in [0.3, 0.4) is 0 Å². The van der Waals surface area contributed by atoms with Gasteiger partial charge in [-0.2, -0.15) is 5.10 Å². The van der Waals surface area contributed by atoms with Crippen LogP contribution in [0.2, 0.25) is 0 Å². The van der Waals surface area contributed by atoms with E-state index in [4.69, 9.17) is 4.42 Å². The molecule has 0 spiro atoms. The van der Waals surface area contributed by atoms with Gasteiger partial charge in [0.15, 0.2) is 0 Å². The zero-order valence-electron chi connectivity index (χ0n) is 11.1. The third-order valence-electron chi connectivity index (χ3n) is 3.62. The average Bonchev–Trinajstić information content (AvgIpc) is 2.96. The minimum atomic E-state index is -0.0651. The van der Waals surface area contributed by atoms with Gasteiger partial charge in [-0.05, 0) is 25.8 Å². The fraction of sp³-hybridized carbons (Fsp3) is 0.429. The van der Waals surface area contributed by atoms with E-state index in [0.717, 1.165) is 36.3 Å². The Hall–Kier alpha value is -2.04. The largest absolute Gasteiger partial charge is 0.469 e. The van der Waals surface area contributed by atoms with Crippen molar-refractivity contribution >= 4 is 5.91 Å². The maximum Gasteiger partial charge on any atom is 0.255 e. The van der Waals surface area contributed by atoms with Gasteiger partial charge >= 0.3 is 0 Å². The topological polar surface area (TPSA) is 60.1 Å². The first-order chi connectivity index (χ1) is 9.15. The molecule has 2 aromatic heterocycles. The van der Waals surface area contributed by atoms with Gasteiger partial charge in [0.1, 0.15) is 5.76 Å². The first-order valence-electron chi connectivity index (χ1n) is 6.52. The van der Waals surface area contributed by atoms with E-state index in [9.17, 15) is 4.79 Å². The fourth-order valence-electron chi connectivity index (χ4n) is 2.69. The Bertz CT molecular complexity index is 612. The number of nitrogens with zero attached hydrogens (tertiary/aromatic N) is 2. The lowest BCUT2D eigenvalue weighted by molar-refractivity contribution is 0.0931. The van der Waals surface area contributed by atoms with Crippen molar-refractivity contribution in [1.82, 2.24) is 15.1 Å². The minimum Gasteiger partial charge on any atom is -0.469 e. The molecular weight excluding hydrogens is 242 g/mol. The average molecular weight is 259 g/mol. The van der Waals surface area contributed by atoms with E-state index in [-0.39, 0.29) is 11.9 Å². The summed E-state index contributed by atoms with van der Waals surface area (Å²) < 4.78 is 7.09. The van der Waals surface area contributed by atoms with E-state index < -0.39 is 0 Å². The van der Waals surface area contributed by atoms with Crippen molar-refractivity contribution in [3.8, 4) is 0 Å². The summed E-state index contributed by atoms with van der Waals surface area (Å²) in [6.07, 6.45) is 6.41. The summed E-state index contributed by atoms with van der Waals surface area (Å²) in [5.74, 6) is 0.934. The van der Waals surface area contributed by atoms with E-state index in [1.54, 1.807) is 17.1 Å². The SMILES string of the molecule is Cc1nn(C)cc1C(=O)N[C@H]1CCCc2occc21. The van der Waals surface area contributed by atoms with E-state index in [0.29, 0.717) is 5.56 Å². The molecule has 5 nitrogen and oxygen atoms in total. The zero-order valence-corrected chi connectivity index (χ0v) is 11.1. The van der Waals surface area contributed by atoms with Gasteiger partial charge in [0.25, 0.3) is 5.91 Å². The molecule has 100 valence electrons. The first-order valence-corrected chi connectivity index (χ1v) is 6.52. The molecule has 0 saturated carbocycles. The molecule has 0 fully saturated rings. The Labute approximate surface area is 111 Å². The minimum absolute atomic E-state index is 0.0506. The van der Waals surface area contributed by atoms with Crippen LogP contribution >= 0.6 is 0 Å². The Morgan fingerprint density at radius 2 is 2.42 bits per heavy atom. The lowest BCUT2D eigenvalue weighted by Gasteiger charge is -2.22. The van der Waals surface area contributed by atoms with Gasteiger partial charge < -0.3 is 9.73 Å². The predicted octanol–water partition coefficient (Wildman–Crippen LogP) is 2.13. The first kappa shape index (κ1) is 12.0. The Balaban J connectivity index is 1.80. The van der Waals surface area contributed by atoms with Crippen LogP contribution in [0.4, 0.5) is 0 Å². The number of hydrogen-bond acceptors (Lipinski definition) is 3. The van der Waals surface area contributed by atoms with Crippen LogP contribution in [-0.4, -0.2) is 15.7 Å². The number of fused-ring (bicyclic) bond motifs is 1. The van der Waals surface area contributed by atoms with Crippen molar-refractivity contribution in [2.75, 3.05) is 0 Å². The summed E-state index contributed by atoms with van der Waals surface area (Å²) in [4.78, 5) is 12.3. The molecule has 1 N–H and O–H groups in total. The summed E-state index contributed by atoms with van der Waals surface area (Å²) in [7, 11) is 1.82. The molecule has 0 aliphatic heterocycles. The van der Waals surface area contributed by atoms with E-state index >= 15 is 0 Å². The molecule has 1 atom stereocenters. The highest BCUT2D eigenvalue weighted by atomic mass is 16.3. The normalized spacial score (nSPS) is 18.1. The molecular formula is C14H17N3O2. The number of nitrogens with one attached hydrogen (secondary N) is 1. The molecule has 19 heavy (non-hydrogen) atoms. The van der Waals surface area contributed by atoms with Gasteiger partial charge in [-0.15, -0.1) is 0 Å². The molecule has 2 heterocycles. The Morgan fingerprint density at radius 1 is 1.58 bits per heavy atom. The molecule has 2 aromatic rings. The Kier molecular flexibility index (Phi) is 2.89. The summed E-state index contributed by atoms with van der Waals surface area (Å²) >= 11 is 0. The number of aryl methyl sites for hydroxylation is 3. The van der Waals surface area contributed by atoms with Crippen molar-refractivity contribution in [3.05, 3.63) is 41.1 Å². The van der Waals surface area contributed by atoms with Crippen molar-refractivity contribution < 1.29 is 9.21 Å².